The Morgan fingerprint density at radius 1 is 1.29 bits per heavy atom. The van der Waals surface area contributed by atoms with E-state index in [4.69, 9.17) is 5.73 Å². The van der Waals surface area contributed by atoms with E-state index in [0.717, 1.165) is 0 Å². The molecule has 1 aromatic carbocycles. The van der Waals surface area contributed by atoms with Gasteiger partial charge in [-0.25, -0.2) is 0 Å². The lowest BCUT2D eigenvalue weighted by Gasteiger charge is -2.37. The molecule has 0 heterocycles. The molecule has 0 radical (unpaired) electrons. The van der Waals surface area contributed by atoms with Crippen molar-refractivity contribution in [2.75, 3.05) is 11.1 Å². The third-order valence-corrected chi connectivity index (χ3v) is 5.23. The van der Waals surface area contributed by atoms with Crippen molar-refractivity contribution in [3.63, 3.8) is 0 Å². The van der Waals surface area contributed by atoms with Crippen LogP contribution in [0.5, 0.6) is 0 Å². The number of carboxylic acid groups (broad SMARTS) is 1. The molecule has 0 unspecified atom stereocenters. The predicted octanol–water partition coefficient (Wildman–Crippen LogP) is 2.73. The van der Waals surface area contributed by atoms with E-state index in [9.17, 15) is 14.7 Å². The van der Waals surface area contributed by atoms with E-state index in [-0.39, 0.29) is 11.8 Å². The number of nitrogen functional groups attached to an aromatic ring is 1. The zero-order chi connectivity index (χ0) is 15.8. The maximum Gasteiger partial charge on any atom is 0.309 e. The lowest BCUT2D eigenvalue weighted by molar-refractivity contribution is -0.154. The van der Waals surface area contributed by atoms with Crippen molar-refractivity contribution in [1.29, 1.82) is 0 Å². The smallest absolute Gasteiger partial charge is 0.309 e. The molecule has 0 aliphatic heterocycles. The van der Waals surface area contributed by atoms with Crippen molar-refractivity contribution in [3.05, 3.63) is 24.3 Å². The van der Waals surface area contributed by atoms with Gasteiger partial charge in [-0.3, -0.25) is 9.59 Å². The summed E-state index contributed by atoms with van der Waals surface area (Å²) in [6.45, 7) is 5.43. The van der Waals surface area contributed by atoms with Crippen molar-refractivity contribution in [3.8, 4) is 0 Å². The van der Waals surface area contributed by atoms with Gasteiger partial charge >= 0.3 is 5.97 Å². The molecular formula is C16H22N2O3. The zero-order valence-electron chi connectivity index (χ0n) is 12.6. The molecule has 0 saturated heterocycles. The number of hydrogen-bond acceptors (Lipinski definition) is 3. The number of nitrogens with two attached hydrogens (primary N) is 1. The van der Waals surface area contributed by atoms with Gasteiger partial charge in [-0.15, -0.1) is 0 Å². The summed E-state index contributed by atoms with van der Waals surface area (Å²) in [5.41, 5.74) is 5.39. The number of rotatable bonds is 3. The number of nitrogens with one attached hydrogen (secondary N) is 1. The molecule has 1 saturated carbocycles. The minimum atomic E-state index is -0.892. The molecule has 5 heteroatoms. The zero-order valence-corrected chi connectivity index (χ0v) is 12.6. The molecule has 1 aromatic rings. The molecule has 114 valence electrons. The van der Waals surface area contributed by atoms with Gasteiger partial charge in [-0.1, -0.05) is 26.0 Å². The Morgan fingerprint density at radius 3 is 2.43 bits per heavy atom. The number of para-hydroxylation sites is 2. The Labute approximate surface area is 124 Å². The van der Waals surface area contributed by atoms with E-state index in [1.807, 2.05) is 13.8 Å². The van der Waals surface area contributed by atoms with Crippen LogP contribution in [0, 0.1) is 16.7 Å². The minimum absolute atomic E-state index is 0.164. The van der Waals surface area contributed by atoms with Crippen LogP contribution in [0.3, 0.4) is 0 Å². The van der Waals surface area contributed by atoms with E-state index in [1.54, 1.807) is 31.2 Å². The lowest BCUT2D eigenvalue weighted by atomic mass is 9.65. The minimum Gasteiger partial charge on any atom is -0.481 e. The van der Waals surface area contributed by atoms with E-state index in [1.165, 1.54) is 0 Å². The monoisotopic (exact) mass is 290 g/mol. The van der Waals surface area contributed by atoms with E-state index < -0.39 is 16.8 Å². The second kappa shape index (κ2) is 5.06. The molecule has 2 rings (SSSR count). The predicted molar refractivity (Wildman–Crippen MR) is 81.7 cm³/mol. The fraction of sp³-hybridized carbons (Fsp3) is 0.500. The van der Waals surface area contributed by atoms with Gasteiger partial charge in [-0.05, 0) is 37.3 Å². The molecular weight excluding hydrogens is 268 g/mol. The summed E-state index contributed by atoms with van der Waals surface area (Å²) in [7, 11) is 0. The van der Waals surface area contributed by atoms with Gasteiger partial charge < -0.3 is 16.2 Å². The van der Waals surface area contributed by atoms with Crippen LogP contribution in [0.4, 0.5) is 11.4 Å². The summed E-state index contributed by atoms with van der Waals surface area (Å²) in [5, 5.41) is 12.3. The summed E-state index contributed by atoms with van der Waals surface area (Å²) >= 11 is 0. The van der Waals surface area contributed by atoms with Gasteiger partial charge in [0.05, 0.1) is 16.8 Å². The fourth-order valence-corrected chi connectivity index (χ4v) is 3.17. The highest BCUT2D eigenvalue weighted by Gasteiger charge is 2.58. The van der Waals surface area contributed by atoms with Crippen molar-refractivity contribution in [1.82, 2.24) is 0 Å². The van der Waals surface area contributed by atoms with Gasteiger partial charge in [-0.2, -0.15) is 0 Å². The molecule has 1 aliphatic carbocycles. The summed E-state index contributed by atoms with van der Waals surface area (Å²) in [6, 6.07) is 7.06. The summed E-state index contributed by atoms with van der Waals surface area (Å²) < 4.78 is 0. The summed E-state index contributed by atoms with van der Waals surface area (Å²) in [6.07, 6.45) is 1.06. The lowest BCUT2D eigenvalue weighted by Crippen LogP contribution is -2.43. The first-order valence-electron chi connectivity index (χ1n) is 7.09. The van der Waals surface area contributed by atoms with Gasteiger partial charge in [0.15, 0.2) is 0 Å². The molecule has 2 atom stereocenters. The fourth-order valence-electron chi connectivity index (χ4n) is 3.17. The molecule has 1 amide bonds. The van der Waals surface area contributed by atoms with Crippen LogP contribution in [-0.2, 0) is 9.59 Å². The third kappa shape index (κ3) is 2.37. The molecule has 1 fully saturated rings. The van der Waals surface area contributed by atoms with Crippen molar-refractivity contribution in [2.45, 2.75) is 33.6 Å². The molecule has 4 N–H and O–H groups in total. The number of benzene rings is 1. The van der Waals surface area contributed by atoms with Crippen LogP contribution in [0.1, 0.15) is 33.6 Å². The molecule has 0 bridgehead atoms. The van der Waals surface area contributed by atoms with Crippen LogP contribution in [0.25, 0.3) is 0 Å². The number of amides is 1. The number of carbonyl (C=O) groups is 2. The molecule has 0 spiro atoms. The average molecular weight is 290 g/mol. The summed E-state index contributed by atoms with van der Waals surface area (Å²) in [4.78, 5) is 24.1. The molecule has 1 aliphatic rings. The first kappa shape index (κ1) is 15.4. The van der Waals surface area contributed by atoms with Crippen LogP contribution < -0.4 is 11.1 Å². The largest absolute Gasteiger partial charge is 0.481 e. The van der Waals surface area contributed by atoms with Crippen molar-refractivity contribution >= 4 is 23.3 Å². The Balaban J connectivity index is 2.22. The van der Waals surface area contributed by atoms with Gasteiger partial charge in [0, 0.05) is 5.92 Å². The second-order valence-corrected chi connectivity index (χ2v) is 6.53. The normalized spacial score (nSPS) is 27.3. The van der Waals surface area contributed by atoms with Crippen LogP contribution >= 0.6 is 0 Å². The number of hydrogen-bond donors (Lipinski definition) is 3. The topological polar surface area (TPSA) is 92.4 Å². The highest BCUT2D eigenvalue weighted by atomic mass is 16.4. The van der Waals surface area contributed by atoms with Crippen LogP contribution in [0.2, 0.25) is 0 Å². The second-order valence-electron chi connectivity index (χ2n) is 6.53. The quantitative estimate of drug-likeness (QED) is 0.746. The van der Waals surface area contributed by atoms with E-state index >= 15 is 0 Å². The summed E-state index contributed by atoms with van der Waals surface area (Å²) in [5.74, 6) is -1.36. The van der Waals surface area contributed by atoms with E-state index in [2.05, 4.69) is 5.32 Å². The number of aliphatic carboxylic acids is 1. The van der Waals surface area contributed by atoms with Crippen LogP contribution in [-0.4, -0.2) is 17.0 Å². The molecule has 5 nitrogen and oxygen atoms in total. The maximum atomic E-state index is 12.5. The Hall–Kier alpha value is -2.04. The van der Waals surface area contributed by atoms with Gasteiger partial charge in [0.2, 0.25) is 5.91 Å². The SMILES string of the molecule is CC1(C)[C@H](C(=O)Nc2ccccc2N)CC[C@@]1(C)C(=O)O. The van der Waals surface area contributed by atoms with Crippen LogP contribution in [0.15, 0.2) is 24.3 Å². The Bertz CT molecular complexity index is 583. The van der Waals surface area contributed by atoms with E-state index in [0.29, 0.717) is 24.2 Å². The van der Waals surface area contributed by atoms with Gasteiger partial charge in [0.1, 0.15) is 0 Å². The van der Waals surface area contributed by atoms with Crippen molar-refractivity contribution in [2.24, 2.45) is 16.7 Å². The first-order chi connectivity index (χ1) is 9.70. The number of carboxylic acids is 1. The Kier molecular flexibility index (Phi) is 3.70. The third-order valence-electron chi connectivity index (χ3n) is 5.23. The Morgan fingerprint density at radius 2 is 1.90 bits per heavy atom. The molecule has 0 aromatic heterocycles. The average Bonchev–Trinajstić information content (AvgIpc) is 2.64. The van der Waals surface area contributed by atoms with Gasteiger partial charge in [0.25, 0.3) is 0 Å². The molecule has 21 heavy (non-hydrogen) atoms. The standard InChI is InChI=1S/C16H22N2O3/c1-15(2)10(8-9-16(15,3)14(20)21)13(19)18-12-7-5-4-6-11(12)17/h4-7,10H,8-9,17H2,1-3H3,(H,18,19)(H,20,21)/t10-,16-/m0/s1. The number of anilines is 2. The van der Waals surface area contributed by atoms with Crippen molar-refractivity contribution < 1.29 is 14.7 Å². The maximum absolute atomic E-state index is 12.5. The highest BCUT2D eigenvalue weighted by molar-refractivity contribution is 5.96. The highest BCUT2D eigenvalue weighted by Crippen LogP contribution is 2.56. The number of carbonyl (C=O) groups excluding carboxylic acids is 1. The first-order valence-corrected chi connectivity index (χ1v) is 7.09.